The molecule has 1 amide bonds. The molecule has 0 spiro atoms. The molecule has 1 heterocycles. The summed E-state index contributed by atoms with van der Waals surface area (Å²) in [7, 11) is 0. The molecule has 4 nitrogen and oxygen atoms in total. The Morgan fingerprint density at radius 2 is 1.59 bits per heavy atom. The lowest BCUT2D eigenvalue weighted by molar-refractivity contribution is 0.0939. The third kappa shape index (κ3) is 5.27. The third-order valence-electron chi connectivity index (χ3n) is 5.27. The molecule has 2 aromatic carbocycles. The van der Waals surface area contributed by atoms with E-state index in [9.17, 15) is 9.59 Å². The molecule has 1 saturated heterocycles. The lowest BCUT2D eigenvalue weighted by atomic mass is 9.98. The van der Waals surface area contributed by atoms with Crippen LogP contribution in [0.4, 0.5) is 0 Å². The predicted octanol–water partition coefficient (Wildman–Crippen LogP) is 3.77. The minimum Gasteiger partial charge on any atom is -0.352 e. The normalized spacial score (nSPS) is 15.4. The van der Waals surface area contributed by atoms with Crippen LogP contribution in [0.2, 0.25) is 0 Å². The Morgan fingerprint density at radius 3 is 2.30 bits per heavy atom. The number of hydrogen-bond donors (Lipinski definition) is 1. The molecule has 0 saturated carbocycles. The van der Waals surface area contributed by atoms with Crippen LogP contribution in [-0.2, 0) is 0 Å². The number of nitrogens with zero attached hydrogens (tertiary/aromatic N) is 1. The topological polar surface area (TPSA) is 49.4 Å². The van der Waals surface area contributed by atoms with Gasteiger partial charge in [-0.05, 0) is 50.9 Å². The van der Waals surface area contributed by atoms with Gasteiger partial charge in [0.25, 0.3) is 5.91 Å². The molecule has 0 bridgehead atoms. The van der Waals surface area contributed by atoms with Crippen LogP contribution in [0.15, 0.2) is 54.6 Å². The largest absolute Gasteiger partial charge is 0.352 e. The molecule has 1 fully saturated rings. The Morgan fingerprint density at radius 1 is 0.963 bits per heavy atom. The molecule has 4 heteroatoms. The first-order valence-electron chi connectivity index (χ1n) is 9.84. The van der Waals surface area contributed by atoms with Crippen LogP contribution in [-0.4, -0.2) is 42.8 Å². The summed E-state index contributed by atoms with van der Waals surface area (Å²) in [6, 6.07) is 16.1. The van der Waals surface area contributed by atoms with Crippen LogP contribution < -0.4 is 5.32 Å². The number of rotatable bonds is 7. The van der Waals surface area contributed by atoms with E-state index in [0.717, 1.165) is 32.0 Å². The zero-order chi connectivity index (χ0) is 19.1. The molecule has 3 rings (SSSR count). The summed E-state index contributed by atoms with van der Waals surface area (Å²) in [5, 5.41) is 2.98. The zero-order valence-electron chi connectivity index (χ0n) is 16.0. The van der Waals surface area contributed by atoms with Crippen molar-refractivity contribution in [3.8, 4) is 0 Å². The summed E-state index contributed by atoms with van der Waals surface area (Å²) in [4.78, 5) is 27.8. The number of benzene rings is 2. The second kappa shape index (κ2) is 9.47. The fourth-order valence-electron chi connectivity index (χ4n) is 3.51. The first kappa shape index (κ1) is 19.3. The Kier molecular flexibility index (Phi) is 6.77. The zero-order valence-corrected chi connectivity index (χ0v) is 16.0. The smallest absolute Gasteiger partial charge is 0.252 e. The predicted molar refractivity (Wildman–Crippen MR) is 108 cm³/mol. The SMILES string of the molecule is CC1CCN(CCCNC(=O)c2ccccc2C(=O)c2ccccc2)CC1. The summed E-state index contributed by atoms with van der Waals surface area (Å²) in [6.07, 6.45) is 3.46. The number of nitrogens with one attached hydrogen (secondary N) is 1. The minimum absolute atomic E-state index is 0.121. The molecule has 1 aliphatic heterocycles. The number of carbonyl (C=O) groups is 2. The van der Waals surface area contributed by atoms with E-state index in [2.05, 4.69) is 17.1 Å². The van der Waals surface area contributed by atoms with Crippen molar-refractivity contribution >= 4 is 11.7 Å². The van der Waals surface area contributed by atoms with E-state index < -0.39 is 0 Å². The lowest BCUT2D eigenvalue weighted by Gasteiger charge is -2.30. The number of likely N-dealkylation sites (tertiary alicyclic amines) is 1. The minimum atomic E-state index is -0.179. The number of ketones is 1. The van der Waals surface area contributed by atoms with Gasteiger partial charge in [-0.25, -0.2) is 0 Å². The van der Waals surface area contributed by atoms with Gasteiger partial charge in [0.2, 0.25) is 0 Å². The number of hydrogen-bond acceptors (Lipinski definition) is 3. The van der Waals surface area contributed by atoms with E-state index in [1.165, 1.54) is 12.8 Å². The van der Waals surface area contributed by atoms with Gasteiger partial charge in [-0.1, -0.05) is 55.5 Å². The third-order valence-corrected chi connectivity index (χ3v) is 5.27. The monoisotopic (exact) mass is 364 g/mol. The fourth-order valence-corrected chi connectivity index (χ4v) is 3.51. The van der Waals surface area contributed by atoms with Crippen molar-refractivity contribution in [2.24, 2.45) is 5.92 Å². The van der Waals surface area contributed by atoms with Crippen LogP contribution >= 0.6 is 0 Å². The van der Waals surface area contributed by atoms with Gasteiger partial charge in [-0.15, -0.1) is 0 Å². The van der Waals surface area contributed by atoms with E-state index in [4.69, 9.17) is 0 Å². The van der Waals surface area contributed by atoms with E-state index in [1.807, 2.05) is 18.2 Å². The molecular weight excluding hydrogens is 336 g/mol. The fraction of sp³-hybridized carbons (Fsp3) is 0.391. The second-order valence-corrected chi connectivity index (χ2v) is 7.37. The van der Waals surface area contributed by atoms with Crippen molar-refractivity contribution in [1.82, 2.24) is 10.2 Å². The molecule has 0 aliphatic carbocycles. The second-order valence-electron chi connectivity index (χ2n) is 7.37. The molecule has 2 aromatic rings. The number of amides is 1. The first-order valence-corrected chi connectivity index (χ1v) is 9.84. The first-order chi connectivity index (χ1) is 13.1. The van der Waals surface area contributed by atoms with Crippen LogP contribution in [0.3, 0.4) is 0 Å². The molecule has 0 aromatic heterocycles. The maximum absolute atomic E-state index is 12.7. The summed E-state index contributed by atoms with van der Waals surface area (Å²) >= 11 is 0. The van der Waals surface area contributed by atoms with Gasteiger partial charge < -0.3 is 10.2 Å². The van der Waals surface area contributed by atoms with Gasteiger partial charge in [0.05, 0.1) is 5.56 Å². The van der Waals surface area contributed by atoms with Gasteiger partial charge in [-0.3, -0.25) is 9.59 Å². The maximum atomic E-state index is 12.7. The Bertz CT molecular complexity index is 765. The number of carbonyl (C=O) groups excluding carboxylic acids is 2. The highest BCUT2D eigenvalue weighted by Gasteiger charge is 2.18. The van der Waals surface area contributed by atoms with E-state index in [-0.39, 0.29) is 11.7 Å². The van der Waals surface area contributed by atoms with Crippen LogP contribution in [0.25, 0.3) is 0 Å². The molecule has 0 atom stereocenters. The van der Waals surface area contributed by atoms with Crippen molar-refractivity contribution in [2.45, 2.75) is 26.2 Å². The average Bonchev–Trinajstić information content (AvgIpc) is 2.72. The lowest BCUT2D eigenvalue weighted by Crippen LogP contribution is -2.35. The highest BCUT2D eigenvalue weighted by molar-refractivity contribution is 6.15. The van der Waals surface area contributed by atoms with E-state index in [0.29, 0.717) is 23.2 Å². The van der Waals surface area contributed by atoms with Gasteiger partial charge in [0.15, 0.2) is 5.78 Å². The van der Waals surface area contributed by atoms with Gasteiger partial charge in [0.1, 0.15) is 0 Å². The average molecular weight is 364 g/mol. The molecule has 142 valence electrons. The molecular formula is C23H28N2O2. The number of piperidine rings is 1. The molecule has 1 aliphatic rings. The summed E-state index contributed by atoms with van der Waals surface area (Å²) in [5.74, 6) is 0.533. The molecule has 0 unspecified atom stereocenters. The highest BCUT2D eigenvalue weighted by Crippen LogP contribution is 2.16. The quantitative estimate of drug-likeness (QED) is 0.601. The highest BCUT2D eigenvalue weighted by atomic mass is 16.2. The standard InChI is InChI=1S/C23H28N2O2/c1-18-12-16-25(17-13-18)15-7-14-24-23(27)21-11-6-5-10-20(21)22(26)19-8-3-2-4-9-19/h2-6,8-11,18H,7,12-17H2,1H3,(H,24,27). The summed E-state index contributed by atoms with van der Waals surface area (Å²) < 4.78 is 0. The Hall–Kier alpha value is -2.46. The Balaban J connectivity index is 1.55. The maximum Gasteiger partial charge on any atom is 0.252 e. The van der Waals surface area contributed by atoms with Crippen molar-refractivity contribution in [3.05, 3.63) is 71.3 Å². The summed E-state index contributed by atoms with van der Waals surface area (Å²) in [5.41, 5.74) is 1.49. The van der Waals surface area contributed by atoms with Crippen LogP contribution in [0.1, 0.15) is 52.5 Å². The molecule has 27 heavy (non-hydrogen) atoms. The van der Waals surface area contributed by atoms with Crippen molar-refractivity contribution < 1.29 is 9.59 Å². The van der Waals surface area contributed by atoms with Gasteiger partial charge >= 0.3 is 0 Å². The van der Waals surface area contributed by atoms with Gasteiger partial charge in [-0.2, -0.15) is 0 Å². The van der Waals surface area contributed by atoms with Crippen molar-refractivity contribution in [1.29, 1.82) is 0 Å². The van der Waals surface area contributed by atoms with Crippen LogP contribution in [0, 0.1) is 5.92 Å². The van der Waals surface area contributed by atoms with Crippen molar-refractivity contribution in [3.63, 3.8) is 0 Å². The van der Waals surface area contributed by atoms with E-state index in [1.54, 1.807) is 36.4 Å². The molecule has 1 N–H and O–H groups in total. The van der Waals surface area contributed by atoms with Crippen molar-refractivity contribution in [2.75, 3.05) is 26.2 Å². The Labute approximate surface area is 161 Å². The van der Waals surface area contributed by atoms with E-state index >= 15 is 0 Å². The summed E-state index contributed by atoms with van der Waals surface area (Å²) in [6.45, 7) is 6.26. The van der Waals surface area contributed by atoms with Gasteiger partial charge in [0, 0.05) is 17.7 Å². The van der Waals surface area contributed by atoms with Crippen LogP contribution in [0.5, 0.6) is 0 Å². The molecule has 0 radical (unpaired) electrons.